The maximum atomic E-state index is 6.42. The van der Waals surface area contributed by atoms with E-state index in [9.17, 15) is 0 Å². The fraction of sp³-hybridized carbons (Fsp3) is 0.520. The molecule has 1 fully saturated rings. The van der Waals surface area contributed by atoms with Crippen molar-refractivity contribution in [3.8, 4) is 11.5 Å². The van der Waals surface area contributed by atoms with Gasteiger partial charge in [0, 0.05) is 0 Å². The molecule has 2 atom stereocenters. The Balaban J connectivity index is 1.70. The number of hydrogen-bond acceptors (Lipinski definition) is 2. The molecule has 0 saturated heterocycles. The second-order valence-electron chi connectivity index (χ2n) is 8.68. The molecule has 2 aromatic carbocycles. The SMILES string of the molecule is CC(C)CC1CCC(Oc2ccc(C(C)C)cc2OCc2ccccc2)C1. The van der Waals surface area contributed by atoms with E-state index in [4.69, 9.17) is 9.47 Å². The number of ether oxygens (including phenoxy) is 2. The first kappa shape index (κ1) is 19.8. The summed E-state index contributed by atoms with van der Waals surface area (Å²) >= 11 is 0. The molecular weight excluding hydrogens is 332 g/mol. The molecule has 0 spiro atoms. The third-order valence-electron chi connectivity index (χ3n) is 5.46. The van der Waals surface area contributed by atoms with Gasteiger partial charge in [-0.3, -0.25) is 0 Å². The Morgan fingerprint density at radius 3 is 2.41 bits per heavy atom. The average Bonchev–Trinajstić information content (AvgIpc) is 3.07. The lowest BCUT2D eigenvalue weighted by Gasteiger charge is -2.19. The third kappa shape index (κ3) is 5.76. The monoisotopic (exact) mass is 366 g/mol. The Hall–Kier alpha value is -1.96. The minimum atomic E-state index is 0.317. The normalized spacial score (nSPS) is 19.6. The van der Waals surface area contributed by atoms with Crippen molar-refractivity contribution in [2.75, 3.05) is 0 Å². The van der Waals surface area contributed by atoms with Gasteiger partial charge < -0.3 is 9.47 Å². The molecule has 2 unspecified atom stereocenters. The van der Waals surface area contributed by atoms with Crippen LogP contribution in [0.15, 0.2) is 48.5 Å². The maximum absolute atomic E-state index is 6.42. The summed E-state index contributed by atoms with van der Waals surface area (Å²) in [5, 5.41) is 0. The summed E-state index contributed by atoms with van der Waals surface area (Å²) in [6, 6.07) is 16.8. The molecule has 2 aromatic rings. The Kier molecular flexibility index (Phi) is 6.82. The van der Waals surface area contributed by atoms with Crippen LogP contribution in [0.4, 0.5) is 0 Å². The molecule has 0 aliphatic heterocycles. The quantitative estimate of drug-likeness (QED) is 0.501. The Morgan fingerprint density at radius 2 is 1.70 bits per heavy atom. The molecule has 1 aliphatic rings. The smallest absolute Gasteiger partial charge is 0.161 e. The Labute approximate surface area is 164 Å². The lowest BCUT2D eigenvalue weighted by molar-refractivity contribution is 0.186. The summed E-state index contributed by atoms with van der Waals surface area (Å²) in [7, 11) is 0. The van der Waals surface area contributed by atoms with Gasteiger partial charge in [-0.05, 0) is 66.7 Å². The van der Waals surface area contributed by atoms with Crippen LogP contribution in [0.3, 0.4) is 0 Å². The number of hydrogen-bond donors (Lipinski definition) is 0. The molecule has 2 heteroatoms. The highest BCUT2D eigenvalue weighted by atomic mass is 16.5. The van der Waals surface area contributed by atoms with Gasteiger partial charge in [0.1, 0.15) is 6.61 Å². The zero-order valence-corrected chi connectivity index (χ0v) is 17.3. The molecule has 146 valence electrons. The van der Waals surface area contributed by atoms with Gasteiger partial charge in [0.2, 0.25) is 0 Å². The molecule has 0 aromatic heterocycles. The van der Waals surface area contributed by atoms with E-state index in [1.165, 1.54) is 30.4 Å². The fourth-order valence-corrected chi connectivity index (χ4v) is 4.03. The van der Waals surface area contributed by atoms with Crippen LogP contribution in [0.1, 0.15) is 70.4 Å². The first-order chi connectivity index (χ1) is 13.0. The predicted molar refractivity (Wildman–Crippen MR) is 113 cm³/mol. The molecule has 2 nitrogen and oxygen atoms in total. The van der Waals surface area contributed by atoms with Crippen LogP contribution in [-0.4, -0.2) is 6.10 Å². The highest BCUT2D eigenvalue weighted by Crippen LogP contribution is 2.37. The number of rotatable bonds is 8. The van der Waals surface area contributed by atoms with Crippen molar-refractivity contribution in [1.29, 1.82) is 0 Å². The summed E-state index contributed by atoms with van der Waals surface area (Å²) in [4.78, 5) is 0. The Morgan fingerprint density at radius 1 is 0.926 bits per heavy atom. The van der Waals surface area contributed by atoms with Gasteiger partial charge in [-0.2, -0.15) is 0 Å². The number of benzene rings is 2. The minimum Gasteiger partial charge on any atom is -0.487 e. The van der Waals surface area contributed by atoms with E-state index in [1.54, 1.807) is 0 Å². The largest absolute Gasteiger partial charge is 0.487 e. The van der Waals surface area contributed by atoms with Gasteiger partial charge in [0.25, 0.3) is 0 Å². The van der Waals surface area contributed by atoms with Crippen molar-refractivity contribution in [2.24, 2.45) is 11.8 Å². The van der Waals surface area contributed by atoms with E-state index in [-0.39, 0.29) is 0 Å². The van der Waals surface area contributed by atoms with Gasteiger partial charge in [-0.25, -0.2) is 0 Å². The first-order valence-corrected chi connectivity index (χ1v) is 10.5. The summed E-state index contributed by atoms with van der Waals surface area (Å²) in [6.45, 7) is 9.62. The minimum absolute atomic E-state index is 0.317. The fourth-order valence-electron chi connectivity index (χ4n) is 4.03. The van der Waals surface area contributed by atoms with Gasteiger partial charge >= 0.3 is 0 Å². The van der Waals surface area contributed by atoms with E-state index < -0.39 is 0 Å². The van der Waals surface area contributed by atoms with Crippen LogP contribution in [-0.2, 0) is 6.61 Å². The van der Waals surface area contributed by atoms with Crippen molar-refractivity contribution < 1.29 is 9.47 Å². The van der Waals surface area contributed by atoms with Crippen LogP contribution in [0.5, 0.6) is 11.5 Å². The van der Waals surface area contributed by atoms with E-state index >= 15 is 0 Å². The topological polar surface area (TPSA) is 18.5 Å². The standard InChI is InChI=1S/C25H34O2/c1-18(2)14-21-10-12-23(15-21)27-24-13-11-22(19(3)4)16-25(24)26-17-20-8-6-5-7-9-20/h5-9,11,13,16,18-19,21,23H,10,12,14-15,17H2,1-4H3. The van der Waals surface area contributed by atoms with E-state index in [0.29, 0.717) is 18.6 Å². The van der Waals surface area contributed by atoms with Gasteiger partial charge in [0.15, 0.2) is 11.5 Å². The lowest BCUT2D eigenvalue weighted by Crippen LogP contribution is -2.13. The van der Waals surface area contributed by atoms with Gasteiger partial charge in [0.05, 0.1) is 6.10 Å². The van der Waals surface area contributed by atoms with Crippen molar-refractivity contribution in [3.05, 3.63) is 59.7 Å². The highest BCUT2D eigenvalue weighted by molar-refractivity contribution is 5.44. The van der Waals surface area contributed by atoms with Crippen molar-refractivity contribution in [3.63, 3.8) is 0 Å². The van der Waals surface area contributed by atoms with Crippen molar-refractivity contribution in [1.82, 2.24) is 0 Å². The molecular formula is C25H34O2. The van der Waals surface area contributed by atoms with Crippen LogP contribution in [0.25, 0.3) is 0 Å². The van der Waals surface area contributed by atoms with Gasteiger partial charge in [-0.1, -0.05) is 64.1 Å². The molecule has 0 N–H and O–H groups in total. The molecule has 1 aliphatic carbocycles. The molecule has 0 radical (unpaired) electrons. The van der Waals surface area contributed by atoms with Crippen LogP contribution >= 0.6 is 0 Å². The second kappa shape index (κ2) is 9.30. The first-order valence-electron chi connectivity index (χ1n) is 10.5. The Bertz CT molecular complexity index is 706. The third-order valence-corrected chi connectivity index (χ3v) is 5.46. The maximum Gasteiger partial charge on any atom is 0.161 e. The highest BCUT2D eigenvalue weighted by Gasteiger charge is 2.27. The van der Waals surface area contributed by atoms with Crippen LogP contribution in [0.2, 0.25) is 0 Å². The molecule has 0 amide bonds. The van der Waals surface area contributed by atoms with E-state index in [1.807, 2.05) is 18.2 Å². The van der Waals surface area contributed by atoms with E-state index in [2.05, 4.69) is 58.0 Å². The zero-order valence-electron chi connectivity index (χ0n) is 17.3. The van der Waals surface area contributed by atoms with Crippen molar-refractivity contribution >= 4 is 0 Å². The molecule has 1 saturated carbocycles. The summed E-state index contributed by atoms with van der Waals surface area (Å²) < 4.78 is 12.6. The summed E-state index contributed by atoms with van der Waals surface area (Å²) in [6.07, 6.45) is 5.23. The lowest BCUT2D eigenvalue weighted by atomic mass is 9.96. The van der Waals surface area contributed by atoms with Crippen molar-refractivity contribution in [2.45, 2.75) is 72.0 Å². The summed E-state index contributed by atoms with van der Waals surface area (Å²) in [5.74, 6) is 3.81. The average molecular weight is 367 g/mol. The van der Waals surface area contributed by atoms with Gasteiger partial charge in [-0.15, -0.1) is 0 Å². The molecule has 0 bridgehead atoms. The second-order valence-corrected chi connectivity index (χ2v) is 8.68. The van der Waals surface area contributed by atoms with Crippen LogP contribution < -0.4 is 9.47 Å². The summed E-state index contributed by atoms with van der Waals surface area (Å²) in [5.41, 5.74) is 2.46. The van der Waals surface area contributed by atoms with E-state index in [0.717, 1.165) is 29.8 Å². The molecule has 3 rings (SSSR count). The zero-order chi connectivity index (χ0) is 19.2. The molecule has 27 heavy (non-hydrogen) atoms. The molecule has 0 heterocycles. The predicted octanol–water partition coefficient (Wildman–Crippen LogP) is 6.98. The van der Waals surface area contributed by atoms with Crippen LogP contribution in [0, 0.1) is 11.8 Å².